The average molecular weight is 140 g/mol. The molecule has 58 valence electrons. The van der Waals surface area contributed by atoms with Crippen LogP contribution in [-0.4, -0.2) is 11.2 Å². The smallest absolute Gasteiger partial charge is 0.117 e. The second-order valence-electron chi connectivity index (χ2n) is 3.13. The molecule has 0 unspecified atom stereocenters. The highest BCUT2D eigenvalue weighted by Crippen LogP contribution is 1.99. The number of aliphatic hydroxyl groups excluding tert-OH is 1. The molecule has 0 aliphatic carbocycles. The van der Waals surface area contributed by atoms with Gasteiger partial charge in [0.15, 0.2) is 0 Å². The van der Waals surface area contributed by atoms with Gasteiger partial charge in [-0.15, -0.1) is 0 Å². The summed E-state index contributed by atoms with van der Waals surface area (Å²) < 4.78 is 0. The van der Waals surface area contributed by atoms with Gasteiger partial charge in [0.2, 0.25) is 0 Å². The first-order valence-corrected chi connectivity index (χ1v) is 3.73. The molecule has 0 heterocycles. The second kappa shape index (κ2) is 4.35. The third-order valence-corrected chi connectivity index (χ3v) is 1.15. The van der Waals surface area contributed by atoms with E-state index in [1.54, 1.807) is 0 Å². The lowest BCUT2D eigenvalue weighted by Crippen LogP contribution is -2.11. The maximum atomic E-state index is 9.20. The van der Waals surface area contributed by atoms with Gasteiger partial charge in [-0.25, -0.2) is 0 Å². The maximum Gasteiger partial charge on any atom is 0.117 e. The largest absolute Gasteiger partial charge is 0.380 e. The molecule has 0 aromatic heterocycles. The van der Waals surface area contributed by atoms with Crippen LogP contribution < -0.4 is 0 Å². The lowest BCUT2D eigenvalue weighted by atomic mass is 10.1. The first-order chi connectivity index (χ1) is 4.54. The van der Waals surface area contributed by atoms with Crippen molar-refractivity contribution in [1.82, 2.24) is 0 Å². The summed E-state index contributed by atoms with van der Waals surface area (Å²) in [5.74, 6) is 6.31. The molecule has 0 bridgehead atoms. The Labute approximate surface area is 63.5 Å². The van der Waals surface area contributed by atoms with Gasteiger partial charge in [-0.3, -0.25) is 0 Å². The van der Waals surface area contributed by atoms with Crippen molar-refractivity contribution in [2.24, 2.45) is 11.8 Å². The summed E-state index contributed by atoms with van der Waals surface area (Å²) >= 11 is 0. The SMILES string of the molecule is CC(C)C#C[C@@H](O)C(C)C. The summed E-state index contributed by atoms with van der Waals surface area (Å²) in [5, 5.41) is 9.20. The fraction of sp³-hybridized carbons (Fsp3) is 0.778. The summed E-state index contributed by atoms with van der Waals surface area (Å²) in [5.41, 5.74) is 0. The van der Waals surface area contributed by atoms with E-state index in [2.05, 4.69) is 11.8 Å². The summed E-state index contributed by atoms with van der Waals surface area (Å²) in [7, 11) is 0. The molecule has 1 nitrogen and oxygen atoms in total. The summed E-state index contributed by atoms with van der Waals surface area (Å²) in [6.07, 6.45) is -0.456. The fourth-order valence-electron chi connectivity index (χ4n) is 0.419. The molecular weight excluding hydrogens is 124 g/mol. The Morgan fingerprint density at radius 1 is 1.00 bits per heavy atom. The molecule has 0 aromatic carbocycles. The zero-order valence-electron chi connectivity index (χ0n) is 7.18. The van der Waals surface area contributed by atoms with Crippen LogP contribution in [0.5, 0.6) is 0 Å². The normalized spacial score (nSPS) is 13.1. The molecule has 0 aromatic rings. The topological polar surface area (TPSA) is 20.2 Å². The molecular formula is C9H16O. The molecule has 0 saturated heterocycles. The van der Waals surface area contributed by atoms with E-state index in [4.69, 9.17) is 0 Å². The molecule has 0 fully saturated rings. The Morgan fingerprint density at radius 3 is 1.80 bits per heavy atom. The van der Waals surface area contributed by atoms with Crippen LogP contribution in [0.1, 0.15) is 27.7 Å². The van der Waals surface area contributed by atoms with E-state index in [1.165, 1.54) is 0 Å². The van der Waals surface area contributed by atoms with Crippen LogP contribution in [0, 0.1) is 23.7 Å². The van der Waals surface area contributed by atoms with Gasteiger partial charge < -0.3 is 5.11 Å². The van der Waals surface area contributed by atoms with Crippen LogP contribution in [-0.2, 0) is 0 Å². The second-order valence-corrected chi connectivity index (χ2v) is 3.13. The molecule has 0 amide bonds. The van der Waals surface area contributed by atoms with Crippen LogP contribution in [0.3, 0.4) is 0 Å². The highest BCUT2D eigenvalue weighted by atomic mass is 16.3. The highest BCUT2D eigenvalue weighted by Gasteiger charge is 2.03. The molecule has 0 radical (unpaired) electrons. The van der Waals surface area contributed by atoms with E-state index < -0.39 is 6.10 Å². The minimum Gasteiger partial charge on any atom is -0.380 e. The molecule has 0 rings (SSSR count). The predicted molar refractivity (Wildman–Crippen MR) is 43.5 cm³/mol. The van der Waals surface area contributed by atoms with Crippen LogP contribution >= 0.6 is 0 Å². The predicted octanol–water partition coefficient (Wildman–Crippen LogP) is 1.66. The van der Waals surface area contributed by atoms with Crippen LogP contribution in [0.25, 0.3) is 0 Å². The number of hydrogen-bond donors (Lipinski definition) is 1. The van der Waals surface area contributed by atoms with Crippen molar-refractivity contribution < 1.29 is 5.11 Å². The van der Waals surface area contributed by atoms with E-state index in [1.807, 2.05) is 27.7 Å². The van der Waals surface area contributed by atoms with Crippen molar-refractivity contribution in [1.29, 1.82) is 0 Å². The van der Waals surface area contributed by atoms with Crippen molar-refractivity contribution in [2.75, 3.05) is 0 Å². The maximum absolute atomic E-state index is 9.20. The molecule has 0 saturated carbocycles. The molecule has 10 heavy (non-hydrogen) atoms. The van der Waals surface area contributed by atoms with Gasteiger partial charge in [0.1, 0.15) is 6.10 Å². The average Bonchev–Trinajstić information content (AvgIpc) is 1.82. The highest BCUT2D eigenvalue weighted by molar-refractivity contribution is 5.06. The van der Waals surface area contributed by atoms with Gasteiger partial charge in [-0.05, 0) is 5.92 Å². The Bertz CT molecular complexity index is 137. The van der Waals surface area contributed by atoms with Gasteiger partial charge in [-0.2, -0.15) is 0 Å². The summed E-state index contributed by atoms with van der Waals surface area (Å²) in [6, 6.07) is 0. The first-order valence-electron chi connectivity index (χ1n) is 3.73. The molecule has 1 atom stereocenters. The van der Waals surface area contributed by atoms with Crippen LogP contribution in [0.15, 0.2) is 0 Å². The lowest BCUT2D eigenvalue weighted by molar-refractivity contribution is 0.181. The standard InChI is InChI=1S/C9H16O/c1-7(2)5-6-9(10)8(3)4/h7-10H,1-4H3/t9-/m1/s1. The van der Waals surface area contributed by atoms with Gasteiger partial charge in [0.05, 0.1) is 0 Å². The van der Waals surface area contributed by atoms with E-state index >= 15 is 0 Å². The molecule has 1 heteroatoms. The monoisotopic (exact) mass is 140 g/mol. The zero-order chi connectivity index (χ0) is 8.15. The number of aliphatic hydroxyl groups is 1. The Kier molecular flexibility index (Phi) is 4.14. The Hall–Kier alpha value is -0.480. The lowest BCUT2D eigenvalue weighted by Gasteiger charge is -2.05. The van der Waals surface area contributed by atoms with Crippen molar-refractivity contribution in [3.8, 4) is 11.8 Å². The third kappa shape index (κ3) is 4.40. The molecule has 1 N–H and O–H groups in total. The Balaban J connectivity index is 3.80. The van der Waals surface area contributed by atoms with Gasteiger partial charge in [-0.1, -0.05) is 39.5 Å². The van der Waals surface area contributed by atoms with Gasteiger partial charge in [0, 0.05) is 5.92 Å². The minimum atomic E-state index is -0.456. The number of rotatable bonds is 1. The zero-order valence-corrected chi connectivity index (χ0v) is 7.18. The molecule has 0 aliphatic heterocycles. The third-order valence-electron chi connectivity index (χ3n) is 1.15. The summed E-state index contributed by atoms with van der Waals surface area (Å²) in [6.45, 7) is 7.94. The van der Waals surface area contributed by atoms with E-state index in [0.717, 1.165) is 0 Å². The van der Waals surface area contributed by atoms with Crippen molar-refractivity contribution in [2.45, 2.75) is 33.8 Å². The van der Waals surface area contributed by atoms with Gasteiger partial charge >= 0.3 is 0 Å². The quantitative estimate of drug-likeness (QED) is 0.549. The first kappa shape index (κ1) is 9.52. The number of hydrogen-bond acceptors (Lipinski definition) is 1. The fourth-order valence-corrected chi connectivity index (χ4v) is 0.419. The van der Waals surface area contributed by atoms with Gasteiger partial charge in [0.25, 0.3) is 0 Å². The van der Waals surface area contributed by atoms with Crippen LogP contribution in [0.2, 0.25) is 0 Å². The van der Waals surface area contributed by atoms with Crippen LogP contribution in [0.4, 0.5) is 0 Å². The molecule has 0 aliphatic rings. The van der Waals surface area contributed by atoms with E-state index in [0.29, 0.717) is 5.92 Å². The van der Waals surface area contributed by atoms with E-state index in [-0.39, 0.29) is 5.92 Å². The summed E-state index contributed by atoms with van der Waals surface area (Å²) in [4.78, 5) is 0. The van der Waals surface area contributed by atoms with E-state index in [9.17, 15) is 5.11 Å². The molecule has 0 spiro atoms. The minimum absolute atomic E-state index is 0.242. The van der Waals surface area contributed by atoms with Crippen molar-refractivity contribution in [3.05, 3.63) is 0 Å². The van der Waals surface area contributed by atoms with Crippen molar-refractivity contribution in [3.63, 3.8) is 0 Å². The Morgan fingerprint density at radius 2 is 1.50 bits per heavy atom. The van der Waals surface area contributed by atoms with Crippen molar-refractivity contribution >= 4 is 0 Å².